The molecule has 4 heteroatoms. The number of rotatable bonds is 1. The molecule has 3 nitrogen and oxygen atoms in total. The van der Waals surface area contributed by atoms with Gasteiger partial charge in [-0.2, -0.15) is 0 Å². The Balaban J connectivity index is 2.16. The molecule has 1 N–H and O–H groups in total. The first kappa shape index (κ1) is 10.9. The predicted octanol–water partition coefficient (Wildman–Crippen LogP) is 2.91. The fourth-order valence-electron chi connectivity index (χ4n) is 2.65. The summed E-state index contributed by atoms with van der Waals surface area (Å²) < 4.78 is 0. The van der Waals surface area contributed by atoms with Gasteiger partial charge in [0.25, 0.3) is 0 Å². The summed E-state index contributed by atoms with van der Waals surface area (Å²) in [5.74, 6) is 0.212. The summed E-state index contributed by atoms with van der Waals surface area (Å²) in [5, 5.41) is 11.4. The van der Waals surface area contributed by atoms with E-state index in [-0.39, 0.29) is 12.0 Å². The van der Waals surface area contributed by atoms with Crippen LogP contribution in [0.5, 0.6) is 0 Å². The van der Waals surface area contributed by atoms with E-state index < -0.39 is 0 Å². The summed E-state index contributed by atoms with van der Waals surface area (Å²) in [6.07, 6.45) is 4.50. The molecule has 1 aliphatic carbocycles. The van der Waals surface area contributed by atoms with Gasteiger partial charge in [-0.15, -0.1) is 0 Å². The minimum absolute atomic E-state index is 0.212. The zero-order valence-corrected chi connectivity index (χ0v) is 10.1. The number of nitrogens with zero attached hydrogens (tertiary/aromatic N) is 2. The third-order valence-electron chi connectivity index (χ3n) is 3.48. The van der Waals surface area contributed by atoms with Crippen LogP contribution in [0.4, 0.5) is 0 Å². The second-order valence-corrected chi connectivity index (χ2v) is 4.90. The van der Waals surface area contributed by atoms with Crippen LogP contribution in [0.1, 0.15) is 30.7 Å². The van der Waals surface area contributed by atoms with Crippen molar-refractivity contribution in [2.75, 3.05) is 0 Å². The minimum Gasteiger partial charge on any atom is -0.392 e. The third kappa shape index (κ3) is 1.90. The van der Waals surface area contributed by atoms with Crippen LogP contribution >= 0.6 is 11.6 Å². The second-order valence-electron chi connectivity index (χ2n) is 4.51. The van der Waals surface area contributed by atoms with Crippen molar-refractivity contribution in [1.29, 1.82) is 0 Å². The number of aliphatic hydroxyl groups is 1. The first-order valence-corrected chi connectivity index (χ1v) is 6.23. The molecule has 0 aromatic carbocycles. The van der Waals surface area contributed by atoms with E-state index in [1.165, 1.54) is 0 Å². The molecule has 3 rings (SSSR count). The number of fused-ring (bicyclic) bond motifs is 1. The fraction of sp³-hybridized carbons (Fsp3) is 0.385. The van der Waals surface area contributed by atoms with E-state index >= 15 is 0 Å². The highest BCUT2D eigenvalue weighted by molar-refractivity contribution is 6.29. The maximum Gasteiger partial charge on any atom is 0.161 e. The predicted molar refractivity (Wildman–Crippen MR) is 67.1 cm³/mol. The van der Waals surface area contributed by atoms with Crippen molar-refractivity contribution in [2.24, 2.45) is 0 Å². The summed E-state index contributed by atoms with van der Waals surface area (Å²) >= 11 is 5.86. The Kier molecular flexibility index (Phi) is 2.73. The molecule has 88 valence electrons. The lowest BCUT2D eigenvalue weighted by molar-refractivity contribution is 0.164. The monoisotopic (exact) mass is 248 g/mol. The smallest absolute Gasteiger partial charge is 0.161 e. The topological polar surface area (TPSA) is 46.0 Å². The van der Waals surface area contributed by atoms with Crippen LogP contribution in [0, 0.1) is 0 Å². The zero-order chi connectivity index (χ0) is 11.8. The molecule has 0 saturated heterocycles. The summed E-state index contributed by atoms with van der Waals surface area (Å²) in [5.41, 5.74) is 1.80. The van der Waals surface area contributed by atoms with Crippen molar-refractivity contribution in [1.82, 2.24) is 9.97 Å². The number of pyridine rings is 2. The van der Waals surface area contributed by atoms with Crippen molar-refractivity contribution in [3.05, 3.63) is 35.1 Å². The van der Waals surface area contributed by atoms with E-state index in [0.717, 1.165) is 30.2 Å². The third-order valence-corrected chi connectivity index (χ3v) is 3.69. The molecule has 0 radical (unpaired) electrons. The van der Waals surface area contributed by atoms with Crippen LogP contribution in [-0.2, 0) is 0 Å². The molecule has 1 fully saturated rings. The molecule has 2 heterocycles. The Hall–Kier alpha value is -1.19. The van der Waals surface area contributed by atoms with E-state index in [4.69, 9.17) is 11.6 Å². The average Bonchev–Trinajstić information content (AvgIpc) is 2.74. The van der Waals surface area contributed by atoms with Crippen LogP contribution < -0.4 is 0 Å². The van der Waals surface area contributed by atoms with Crippen LogP contribution in [0.2, 0.25) is 5.15 Å². The van der Waals surface area contributed by atoms with E-state index in [1.54, 1.807) is 12.3 Å². The number of hydrogen-bond donors (Lipinski definition) is 1. The lowest BCUT2D eigenvalue weighted by Gasteiger charge is -2.16. The van der Waals surface area contributed by atoms with Gasteiger partial charge in [0.15, 0.2) is 5.65 Å². The van der Waals surface area contributed by atoms with Gasteiger partial charge in [0, 0.05) is 17.5 Å². The normalized spacial score (nSPS) is 24.4. The maximum atomic E-state index is 9.99. The van der Waals surface area contributed by atoms with Crippen LogP contribution in [-0.4, -0.2) is 21.2 Å². The summed E-state index contributed by atoms with van der Waals surface area (Å²) in [4.78, 5) is 8.43. The summed E-state index contributed by atoms with van der Waals surface area (Å²) in [6.45, 7) is 0. The SMILES string of the molecule is O[C@H]1CCC[C@@H]1c1ccnc2nc(Cl)ccc12. The molecular formula is C13H13ClN2O. The highest BCUT2D eigenvalue weighted by Crippen LogP contribution is 2.37. The Labute approximate surface area is 104 Å². The lowest BCUT2D eigenvalue weighted by atomic mass is 9.94. The molecule has 0 unspecified atom stereocenters. The van der Waals surface area contributed by atoms with Crippen LogP contribution in [0.15, 0.2) is 24.4 Å². The number of aromatic nitrogens is 2. The van der Waals surface area contributed by atoms with Crippen molar-refractivity contribution in [3.63, 3.8) is 0 Å². The van der Waals surface area contributed by atoms with Gasteiger partial charge in [-0.05, 0) is 36.6 Å². The Morgan fingerprint density at radius 2 is 2.12 bits per heavy atom. The molecule has 1 saturated carbocycles. The molecule has 17 heavy (non-hydrogen) atoms. The first-order chi connectivity index (χ1) is 8.25. The van der Waals surface area contributed by atoms with Crippen LogP contribution in [0.25, 0.3) is 11.0 Å². The molecule has 1 aliphatic rings. The molecular weight excluding hydrogens is 236 g/mol. The van der Waals surface area contributed by atoms with Crippen LogP contribution in [0.3, 0.4) is 0 Å². The van der Waals surface area contributed by atoms with E-state index in [1.807, 2.05) is 12.1 Å². The van der Waals surface area contributed by atoms with Crippen molar-refractivity contribution < 1.29 is 5.11 Å². The van der Waals surface area contributed by atoms with Gasteiger partial charge in [0.1, 0.15) is 5.15 Å². The Morgan fingerprint density at radius 1 is 1.24 bits per heavy atom. The average molecular weight is 249 g/mol. The lowest BCUT2D eigenvalue weighted by Crippen LogP contribution is -2.11. The molecule has 0 aliphatic heterocycles. The van der Waals surface area contributed by atoms with E-state index in [2.05, 4.69) is 9.97 Å². The first-order valence-electron chi connectivity index (χ1n) is 5.85. The molecule has 2 atom stereocenters. The molecule has 2 aromatic rings. The van der Waals surface area contributed by atoms with Crippen molar-refractivity contribution in [2.45, 2.75) is 31.3 Å². The largest absolute Gasteiger partial charge is 0.392 e. The van der Waals surface area contributed by atoms with Gasteiger partial charge in [0.05, 0.1) is 6.10 Å². The molecule has 0 amide bonds. The number of hydrogen-bond acceptors (Lipinski definition) is 3. The fourth-order valence-corrected chi connectivity index (χ4v) is 2.80. The standard InChI is InChI=1S/C13H13ClN2O/c14-12-5-4-10-8(6-7-15-13(10)16-12)9-2-1-3-11(9)17/h4-7,9,11,17H,1-3H2/t9-,11+/m1/s1. The summed E-state index contributed by atoms with van der Waals surface area (Å²) in [7, 11) is 0. The van der Waals surface area contributed by atoms with Gasteiger partial charge in [-0.1, -0.05) is 18.0 Å². The maximum absolute atomic E-state index is 9.99. The highest BCUT2D eigenvalue weighted by atomic mass is 35.5. The molecule has 2 aromatic heterocycles. The van der Waals surface area contributed by atoms with Gasteiger partial charge < -0.3 is 5.11 Å². The Bertz CT molecular complexity index is 558. The van der Waals surface area contributed by atoms with Crippen molar-refractivity contribution >= 4 is 22.6 Å². The zero-order valence-electron chi connectivity index (χ0n) is 9.31. The van der Waals surface area contributed by atoms with Crippen molar-refractivity contribution in [3.8, 4) is 0 Å². The van der Waals surface area contributed by atoms with E-state index in [9.17, 15) is 5.11 Å². The number of aliphatic hydroxyl groups excluding tert-OH is 1. The summed E-state index contributed by atoms with van der Waals surface area (Å²) in [6, 6.07) is 5.70. The molecule has 0 spiro atoms. The minimum atomic E-state index is -0.240. The Morgan fingerprint density at radius 3 is 2.88 bits per heavy atom. The second kappa shape index (κ2) is 4.24. The van der Waals surface area contributed by atoms with Gasteiger partial charge in [-0.3, -0.25) is 0 Å². The van der Waals surface area contributed by atoms with Gasteiger partial charge in [0.2, 0.25) is 0 Å². The van der Waals surface area contributed by atoms with Gasteiger partial charge >= 0.3 is 0 Å². The number of halogens is 1. The molecule has 0 bridgehead atoms. The quantitative estimate of drug-likeness (QED) is 0.790. The van der Waals surface area contributed by atoms with Gasteiger partial charge in [-0.25, -0.2) is 9.97 Å². The highest BCUT2D eigenvalue weighted by Gasteiger charge is 2.28. The van der Waals surface area contributed by atoms with E-state index in [0.29, 0.717) is 10.8 Å².